The summed E-state index contributed by atoms with van der Waals surface area (Å²) in [5.41, 5.74) is 1.47. The van der Waals surface area contributed by atoms with Crippen molar-refractivity contribution in [3.8, 4) is 0 Å². The van der Waals surface area contributed by atoms with Crippen LogP contribution in [-0.2, 0) is 4.74 Å². The molecule has 5 heteroatoms. The monoisotopic (exact) mass is 218 g/mol. The highest BCUT2D eigenvalue weighted by atomic mass is 16.5. The van der Waals surface area contributed by atoms with Gasteiger partial charge in [0.25, 0.3) is 0 Å². The molecule has 0 unspecified atom stereocenters. The highest BCUT2D eigenvalue weighted by molar-refractivity contribution is 5.89. The van der Waals surface area contributed by atoms with E-state index < -0.39 is 5.97 Å². The van der Waals surface area contributed by atoms with Crippen LogP contribution in [0.15, 0.2) is 24.5 Å². The number of fused-ring (bicyclic) bond motifs is 1. The van der Waals surface area contributed by atoms with Gasteiger partial charge in [-0.1, -0.05) is 0 Å². The highest BCUT2D eigenvalue weighted by Gasteiger charge is 2.09. The van der Waals surface area contributed by atoms with Crippen molar-refractivity contribution in [3.63, 3.8) is 0 Å². The first-order chi connectivity index (χ1) is 7.76. The molecule has 0 aromatic carbocycles. The molecule has 16 heavy (non-hydrogen) atoms. The molecule has 0 bridgehead atoms. The van der Waals surface area contributed by atoms with Crippen LogP contribution in [0.4, 0.5) is 0 Å². The summed E-state index contributed by atoms with van der Waals surface area (Å²) < 4.78 is 6.44. The minimum atomic E-state index is -0.459. The van der Waals surface area contributed by atoms with E-state index in [-0.39, 0.29) is 5.69 Å². The average molecular weight is 218 g/mol. The quantitative estimate of drug-likeness (QED) is 0.576. The smallest absolute Gasteiger partial charge is 0.357 e. The van der Waals surface area contributed by atoms with Crippen molar-refractivity contribution in [3.05, 3.63) is 35.9 Å². The van der Waals surface area contributed by atoms with Crippen LogP contribution in [-0.4, -0.2) is 28.2 Å². The van der Waals surface area contributed by atoms with E-state index in [9.17, 15) is 9.59 Å². The van der Waals surface area contributed by atoms with E-state index in [0.29, 0.717) is 12.3 Å². The lowest BCUT2D eigenvalue weighted by atomic mass is 10.3. The fourth-order valence-corrected chi connectivity index (χ4v) is 1.44. The third kappa shape index (κ3) is 1.67. The van der Waals surface area contributed by atoms with Gasteiger partial charge in [-0.3, -0.25) is 9.20 Å². The lowest BCUT2D eigenvalue weighted by Crippen LogP contribution is -2.08. The van der Waals surface area contributed by atoms with Crippen molar-refractivity contribution < 1.29 is 14.3 Å². The van der Waals surface area contributed by atoms with Crippen molar-refractivity contribution in [2.45, 2.75) is 6.92 Å². The molecule has 5 nitrogen and oxygen atoms in total. The van der Waals surface area contributed by atoms with Gasteiger partial charge in [0.2, 0.25) is 0 Å². The summed E-state index contributed by atoms with van der Waals surface area (Å²) >= 11 is 0. The second-order valence-corrected chi connectivity index (χ2v) is 3.17. The van der Waals surface area contributed by atoms with E-state index in [2.05, 4.69) is 4.98 Å². The largest absolute Gasteiger partial charge is 0.461 e. The maximum Gasteiger partial charge on any atom is 0.357 e. The van der Waals surface area contributed by atoms with Crippen molar-refractivity contribution >= 4 is 17.8 Å². The Morgan fingerprint density at radius 3 is 3.06 bits per heavy atom. The number of carbonyl (C=O) groups is 2. The summed E-state index contributed by atoms with van der Waals surface area (Å²) in [6.45, 7) is 2.05. The van der Waals surface area contributed by atoms with Gasteiger partial charge in [-0.2, -0.15) is 0 Å². The summed E-state index contributed by atoms with van der Waals surface area (Å²) in [5, 5.41) is 0. The Labute approximate surface area is 91.7 Å². The number of esters is 1. The molecule has 0 saturated heterocycles. The summed E-state index contributed by atoms with van der Waals surface area (Å²) in [7, 11) is 0. The summed E-state index contributed by atoms with van der Waals surface area (Å²) in [5.74, 6) is -0.459. The molecule has 0 saturated carbocycles. The molecule has 2 aromatic rings. The maximum absolute atomic E-state index is 11.4. The minimum absolute atomic E-state index is 0.241. The van der Waals surface area contributed by atoms with Crippen molar-refractivity contribution in [2.24, 2.45) is 0 Å². The first kappa shape index (κ1) is 10.4. The van der Waals surface area contributed by atoms with E-state index in [0.717, 1.165) is 11.8 Å². The highest BCUT2D eigenvalue weighted by Crippen LogP contribution is 2.09. The Balaban J connectivity index is 2.45. The van der Waals surface area contributed by atoms with E-state index in [1.54, 1.807) is 29.5 Å². The zero-order chi connectivity index (χ0) is 11.5. The van der Waals surface area contributed by atoms with Crippen LogP contribution in [0.5, 0.6) is 0 Å². The number of carbonyl (C=O) groups excluding carboxylic acids is 2. The number of aromatic nitrogens is 2. The molecule has 2 heterocycles. The molecule has 0 fully saturated rings. The van der Waals surface area contributed by atoms with Crippen molar-refractivity contribution in [1.82, 2.24) is 9.38 Å². The van der Waals surface area contributed by atoms with Gasteiger partial charge in [-0.05, 0) is 25.1 Å². The first-order valence-corrected chi connectivity index (χ1v) is 4.85. The predicted octanol–water partition coefficient (Wildman–Crippen LogP) is 1.32. The van der Waals surface area contributed by atoms with E-state index >= 15 is 0 Å². The van der Waals surface area contributed by atoms with Gasteiger partial charge in [0, 0.05) is 5.52 Å². The third-order valence-electron chi connectivity index (χ3n) is 2.18. The lowest BCUT2D eigenvalue weighted by molar-refractivity contribution is 0.0519. The molecule has 0 radical (unpaired) electrons. The zero-order valence-corrected chi connectivity index (χ0v) is 8.71. The number of nitrogens with zero attached hydrogens (tertiary/aromatic N) is 2. The van der Waals surface area contributed by atoms with Crippen LogP contribution < -0.4 is 0 Å². The summed E-state index contributed by atoms with van der Waals surface area (Å²) in [6, 6.07) is 5.00. The van der Waals surface area contributed by atoms with Crippen LogP contribution in [0.2, 0.25) is 0 Å². The van der Waals surface area contributed by atoms with Crippen LogP contribution in [0.25, 0.3) is 5.52 Å². The standard InChI is InChI=1S/C11H10N2O3/c1-2-16-11(15)10-5-8-3-4-9(6-14)13(8)7-12-10/h3-7H,2H2,1H3. The molecule has 82 valence electrons. The second-order valence-electron chi connectivity index (χ2n) is 3.17. The van der Waals surface area contributed by atoms with Gasteiger partial charge in [0.15, 0.2) is 12.0 Å². The third-order valence-corrected chi connectivity index (χ3v) is 2.18. The van der Waals surface area contributed by atoms with Crippen LogP contribution in [0.3, 0.4) is 0 Å². The fourth-order valence-electron chi connectivity index (χ4n) is 1.44. The molecule has 0 amide bonds. The Bertz CT molecular complexity index is 545. The number of rotatable bonds is 3. The zero-order valence-electron chi connectivity index (χ0n) is 8.71. The van der Waals surface area contributed by atoms with Crippen molar-refractivity contribution in [2.75, 3.05) is 6.61 Å². The van der Waals surface area contributed by atoms with Gasteiger partial charge >= 0.3 is 5.97 Å². The van der Waals surface area contributed by atoms with E-state index in [4.69, 9.17) is 4.74 Å². The molecule has 2 aromatic heterocycles. The number of hydrogen-bond acceptors (Lipinski definition) is 4. The second kappa shape index (κ2) is 4.14. The van der Waals surface area contributed by atoms with Gasteiger partial charge in [-0.25, -0.2) is 9.78 Å². The molecule has 2 rings (SSSR count). The van der Waals surface area contributed by atoms with Gasteiger partial charge in [-0.15, -0.1) is 0 Å². The molecule has 0 N–H and O–H groups in total. The minimum Gasteiger partial charge on any atom is -0.461 e. The Morgan fingerprint density at radius 2 is 2.38 bits per heavy atom. The molecule has 0 atom stereocenters. The Hall–Kier alpha value is -2.17. The maximum atomic E-state index is 11.4. The predicted molar refractivity (Wildman–Crippen MR) is 56.5 cm³/mol. The van der Waals surface area contributed by atoms with Gasteiger partial charge < -0.3 is 4.74 Å². The first-order valence-electron chi connectivity index (χ1n) is 4.85. The van der Waals surface area contributed by atoms with Crippen LogP contribution in [0.1, 0.15) is 27.9 Å². The number of ether oxygens (including phenoxy) is 1. The molecule has 0 aliphatic heterocycles. The normalized spacial score (nSPS) is 10.3. The molecule has 0 aliphatic rings. The average Bonchev–Trinajstić information content (AvgIpc) is 2.71. The Morgan fingerprint density at radius 1 is 1.56 bits per heavy atom. The lowest BCUT2D eigenvalue weighted by Gasteiger charge is -2.02. The van der Waals surface area contributed by atoms with Crippen LogP contribution in [0, 0.1) is 0 Å². The van der Waals surface area contributed by atoms with Gasteiger partial charge in [0.1, 0.15) is 6.33 Å². The topological polar surface area (TPSA) is 60.7 Å². The molecular weight excluding hydrogens is 208 g/mol. The Kier molecular flexibility index (Phi) is 2.68. The molecule has 0 aliphatic carbocycles. The molecular formula is C11H10N2O3. The van der Waals surface area contributed by atoms with Crippen molar-refractivity contribution in [1.29, 1.82) is 0 Å². The van der Waals surface area contributed by atoms with E-state index in [1.165, 1.54) is 6.33 Å². The van der Waals surface area contributed by atoms with Gasteiger partial charge in [0.05, 0.1) is 12.3 Å². The van der Waals surface area contributed by atoms with Crippen LogP contribution >= 0.6 is 0 Å². The SMILES string of the molecule is CCOC(=O)c1cc2ccc(C=O)n2cn1. The fraction of sp³-hybridized carbons (Fsp3) is 0.182. The molecule has 0 spiro atoms. The number of aldehydes is 1. The summed E-state index contributed by atoms with van der Waals surface area (Å²) in [6.07, 6.45) is 2.17. The summed E-state index contributed by atoms with van der Waals surface area (Å²) in [4.78, 5) is 26.0. The van der Waals surface area contributed by atoms with E-state index in [1.807, 2.05) is 0 Å². The number of hydrogen-bond donors (Lipinski definition) is 0.